The topological polar surface area (TPSA) is 49.6 Å². The zero-order valence-electron chi connectivity index (χ0n) is 8.07. The molecule has 0 radical (unpaired) electrons. The van der Waals surface area contributed by atoms with Gasteiger partial charge in [0.15, 0.2) is 0 Å². The van der Waals surface area contributed by atoms with Crippen LogP contribution in [0.3, 0.4) is 0 Å². The Balaban J connectivity index is 1.98. The minimum atomic E-state index is 0.124. The van der Waals surface area contributed by atoms with Crippen LogP contribution in [0.2, 0.25) is 0 Å². The smallest absolute Gasteiger partial charge is 0.239 e. The van der Waals surface area contributed by atoms with Crippen molar-refractivity contribution in [2.75, 3.05) is 26.7 Å². The molecule has 4 nitrogen and oxygen atoms in total. The van der Waals surface area contributed by atoms with Gasteiger partial charge < -0.3 is 10.6 Å². The number of carbonyl (C=O) groups is 1. The maximum absolute atomic E-state index is 11.6. The van der Waals surface area contributed by atoms with Gasteiger partial charge in [0.05, 0.1) is 6.04 Å². The monoisotopic (exact) mass is 183 g/mol. The van der Waals surface area contributed by atoms with Crippen LogP contribution in [-0.4, -0.2) is 54.5 Å². The molecule has 0 aromatic heterocycles. The number of rotatable bonds is 1. The molecule has 0 spiro atoms. The maximum Gasteiger partial charge on any atom is 0.239 e. The fourth-order valence-electron chi connectivity index (χ4n) is 2.24. The van der Waals surface area contributed by atoms with Crippen LogP contribution in [-0.2, 0) is 4.79 Å². The van der Waals surface area contributed by atoms with Crippen LogP contribution in [0.1, 0.15) is 12.8 Å². The van der Waals surface area contributed by atoms with E-state index in [0.29, 0.717) is 0 Å². The molecular weight excluding hydrogens is 166 g/mol. The molecule has 0 aromatic rings. The number of hydrogen-bond acceptors (Lipinski definition) is 3. The number of hydrogen-bond donors (Lipinski definition) is 1. The van der Waals surface area contributed by atoms with Crippen molar-refractivity contribution in [2.24, 2.45) is 5.73 Å². The van der Waals surface area contributed by atoms with Gasteiger partial charge in [0.2, 0.25) is 5.91 Å². The summed E-state index contributed by atoms with van der Waals surface area (Å²) in [5.74, 6) is 0.272. The molecule has 0 aliphatic carbocycles. The molecule has 74 valence electrons. The third-order valence-corrected chi connectivity index (χ3v) is 3.10. The first kappa shape index (κ1) is 8.97. The maximum atomic E-state index is 11.6. The largest absolute Gasteiger partial charge is 0.344 e. The molecule has 1 amide bonds. The summed E-state index contributed by atoms with van der Waals surface area (Å²) in [7, 11) is 1.87. The second kappa shape index (κ2) is 3.27. The highest BCUT2D eigenvalue weighted by Gasteiger charge is 2.36. The van der Waals surface area contributed by atoms with Crippen molar-refractivity contribution >= 4 is 5.91 Å². The summed E-state index contributed by atoms with van der Waals surface area (Å²) in [6.07, 6.45) is 2.01. The highest BCUT2D eigenvalue weighted by molar-refractivity contribution is 5.83. The summed E-state index contributed by atoms with van der Waals surface area (Å²) in [5.41, 5.74) is 5.81. The Labute approximate surface area is 78.7 Å². The first-order chi connectivity index (χ1) is 6.18. The summed E-state index contributed by atoms with van der Waals surface area (Å²) < 4.78 is 0. The summed E-state index contributed by atoms with van der Waals surface area (Å²) in [5, 5.41) is 0. The minimum absolute atomic E-state index is 0.124. The van der Waals surface area contributed by atoms with E-state index in [4.69, 9.17) is 5.73 Å². The molecular formula is C9H17N3O. The second-order valence-corrected chi connectivity index (χ2v) is 4.11. The Kier molecular flexibility index (Phi) is 2.26. The summed E-state index contributed by atoms with van der Waals surface area (Å²) in [4.78, 5) is 15.7. The van der Waals surface area contributed by atoms with Crippen LogP contribution < -0.4 is 5.73 Å². The van der Waals surface area contributed by atoms with Crippen molar-refractivity contribution in [3.63, 3.8) is 0 Å². The van der Waals surface area contributed by atoms with Crippen LogP contribution in [0.15, 0.2) is 0 Å². The van der Waals surface area contributed by atoms with E-state index in [1.807, 2.05) is 11.9 Å². The summed E-state index contributed by atoms with van der Waals surface area (Å²) in [6, 6.07) is 0.400. The number of nitrogens with zero attached hydrogens (tertiary/aromatic N) is 2. The molecule has 2 heterocycles. The van der Waals surface area contributed by atoms with E-state index in [2.05, 4.69) is 4.90 Å². The lowest BCUT2D eigenvalue weighted by Crippen LogP contribution is -2.40. The van der Waals surface area contributed by atoms with Gasteiger partial charge in [-0.25, -0.2) is 0 Å². The van der Waals surface area contributed by atoms with Crippen molar-refractivity contribution in [1.82, 2.24) is 9.80 Å². The van der Waals surface area contributed by atoms with E-state index in [1.54, 1.807) is 0 Å². The van der Waals surface area contributed by atoms with Crippen molar-refractivity contribution in [2.45, 2.75) is 24.9 Å². The SMILES string of the molecule is CN1CCC(N2CC[C@H](N)C2)C1=O. The molecule has 1 unspecified atom stereocenters. The van der Waals surface area contributed by atoms with Crippen molar-refractivity contribution in [1.29, 1.82) is 0 Å². The average Bonchev–Trinajstić information content (AvgIpc) is 2.62. The van der Waals surface area contributed by atoms with Gasteiger partial charge in [-0.3, -0.25) is 9.69 Å². The van der Waals surface area contributed by atoms with Crippen LogP contribution in [0.25, 0.3) is 0 Å². The van der Waals surface area contributed by atoms with Gasteiger partial charge in [0.1, 0.15) is 0 Å². The van der Waals surface area contributed by atoms with Gasteiger partial charge in [-0.15, -0.1) is 0 Å². The van der Waals surface area contributed by atoms with E-state index in [9.17, 15) is 4.79 Å². The van der Waals surface area contributed by atoms with Crippen LogP contribution in [0.4, 0.5) is 0 Å². The van der Waals surface area contributed by atoms with E-state index in [0.717, 1.165) is 32.5 Å². The van der Waals surface area contributed by atoms with Crippen LogP contribution in [0.5, 0.6) is 0 Å². The quantitative estimate of drug-likeness (QED) is 0.582. The highest BCUT2D eigenvalue weighted by Crippen LogP contribution is 2.19. The predicted molar refractivity (Wildman–Crippen MR) is 50.2 cm³/mol. The molecule has 2 N–H and O–H groups in total. The lowest BCUT2D eigenvalue weighted by atomic mass is 10.2. The number of likely N-dealkylation sites (tertiary alicyclic amines) is 2. The molecule has 2 rings (SSSR count). The Morgan fingerprint density at radius 2 is 2.15 bits per heavy atom. The van der Waals surface area contributed by atoms with E-state index in [-0.39, 0.29) is 18.0 Å². The van der Waals surface area contributed by atoms with Crippen molar-refractivity contribution in [3.8, 4) is 0 Å². The second-order valence-electron chi connectivity index (χ2n) is 4.11. The number of amides is 1. The molecule has 2 saturated heterocycles. The number of likely N-dealkylation sites (N-methyl/N-ethyl adjacent to an activating group) is 1. The normalized spacial score (nSPS) is 36.2. The predicted octanol–water partition coefficient (Wildman–Crippen LogP) is -0.750. The van der Waals surface area contributed by atoms with Gasteiger partial charge in [-0.1, -0.05) is 0 Å². The first-order valence-electron chi connectivity index (χ1n) is 4.93. The minimum Gasteiger partial charge on any atom is -0.344 e. The molecule has 4 heteroatoms. The van der Waals surface area contributed by atoms with Crippen molar-refractivity contribution in [3.05, 3.63) is 0 Å². The Morgan fingerprint density at radius 3 is 2.62 bits per heavy atom. The highest BCUT2D eigenvalue weighted by atomic mass is 16.2. The zero-order chi connectivity index (χ0) is 9.42. The molecule has 0 aromatic carbocycles. The standard InChI is InChI=1S/C9H17N3O/c1-11-4-3-8(9(11)13)12-5-2-7(10)6-12/h7-8H,2-6,10H2,1H3/t7-,8?/m0/s1. The molecule has 0 saturated carbocycles. The Bertz CT molecular complexity index is 219. The van der Waals surface area contributed by atoms with Gasteiger partial charge in [0.25, 0.3) is 0 Å². The molecule has 2 aliphatic rings. The van der Waals surface area contributed by atoms with Gasteiger partial charge in [-0.2, -0.15) is 0 Å². The van der Waals surface area contributed by atoms with Crippen LogP contribution in [0, 0.1) is 0 Å². The molecule has 2 atom stereocenters. The number of nitrogens with two attached hydrogens (primary N) is 1. The van der Waals surface area contributed by atoms with E-state index in [1.165, 1.54) is 0 Å². The molecule has 2 fully saturated rings. The van der Waals surface area contributed by atoms with Gasteiger partial charge in [-0.05, 0) is 12.8 Å². The molecule has 13 heavy (non-hydrogen) atoms. The number of carbonyl (C=O) groups excluding carboxylic acids is 1. The third-order valence-electron chi connectivity index (χ3n) is 3.10. The fraction of sp³-hybridized carbons (Fsp3) is 0.889. The average molecular weight is 183 g/mol. The van der Waals surface area contributed by atoms with E-state index >= 15 is 0 Å². The van der Waals surface area contributed by atoms with Crippen LogP contribution >= 0.6 is 0 Å². The van der Waals surface area contributed by atoms with Gasteiger partial charge >= 0.3 is 0 Å². The molecule has 2 aliphatic heterocycles. The van der Waals surface area contributed by atoms with E-state index < -0.39 is 0 Å². The van der Waals surface area contributed by atoms with Crippen molar-refractivity contribution < 1.29 is 4.79 Å². The molecule has 0 bridgehead atoms. The summed E-state index contributed by atoms with van der Waals surface area (Å²) in [6.45, 7) is 2.78. The summed E-state index contributed by atoms with van der Waals surface area (Å²) >= 11 is 0. The first-order valence-corrected chi connectivity index (χ1v) is 4.93. The lowest BCUT2D eigenvalue weighted by Gasteiger charge is -2.21. The lowest BCUT2D eigenvalue weighted by molar-refractivity contribution is -0.130. The third kappa shape index (κ3) is 1.56. The van der Waals surface area contributed by atoms with Gasteiger partial charge in [0, 0.05) is 32.7 Å². The zero-order valence-corrected chi connectivity index (χ0v) is 8.07. The Morgan fingerprint density at radius 1 is 1.38 bits per heavy atom. The fourth-order valence-corrected chi connectivity index (χ4v) is 2.24. The Hall–Kier alpha value is -0.610.